The fraction of sp³-hybridized carbons (Fsp3) is 0.263. The maximum Gasteiger partial charge on any atom is 0.403 e. The summed E-state index contributed by atoms with van der Waals surface area (Å²) in [7, 11) is -4.38. The van der Waals surface area contributed by atoms with E-state index in [0.29, 0.717) is 6.42 Å². The second-order valence-electron chi connectivity index (χ2n) is 6.12. The Bertz CT molecular complexity index is 839. The first-order valence-electron chi connectivity index (χ1n) is 8.61. The molecule has 0 saturated heterocycles. The number of carboxylic acids is 2. The number of carbonyl (C=O) groups is 2. The van der Waals surface area contributed by atoms with Gasteiger partial charge in [0.15, 0.2) is 0 Å². The van der Waals surface area contributed by atoms with Gasteiger partial charge in [-0.15, -0.1) is 0 Å². The molecule has 0 aliphatic heterocycles. The number of nitrogens with one attached hydrogen (secondary N) is 1. The van der Waals surface area contributed by atoms with E-state index in [-0.39, 0.29) is 13.0 Å². The minimum atomic E-state index is -4.38. The molecule has 0 aromatic heterocycles. The first-order valence-corrected chi connectivity index (χ1v) is 10.2. The van der Waals surface area contributed by atoms with Crippen LogP contribution in [0.15, 0.2) is 54.6 Å². The molecule has 28 heavy (non-hydrogen) atoms. The quantitative estimate of drug-likeness (QED) is 0.418. The molecule has 9 heteroatoms. The monoisotopic (exact) mass is 407 g/mol. The topological polar surface area (TPSA) is 133 Å². The van der Waals surface area contributed by atoms with Gasteiger partial charge in [-0.25, -0.2) is 9.65 Å². The zero-order valence-corrected chi connectivity index (χ0v) is 15.9. The maximum atomic E-state index is 12.0. The molecule has 0 aliphatic rings. The maximum absolute atomic E-state index is 12.0. The van der Waals surface area contributed by atoms with Crippen LogP contribution in [-0.2, 0) is 25.1 Å². The van der Waals surface area contributed by atoms with Gasteiger partial charge in [0.1, 0.15) is 6.04 Å². The van der Waals surface area contributed by atoms with Crippen molar-refractivity contribution in [3.05, 3.63) is 60.2 Å². The van der Waals surface area contributed by atoms with Crippen molar-refractivity contribution in [2.24, 2.45) is 0 Å². The zero-order chi connectivity index (χ0) is 20.6. The van der Waals surface area contributed by atoms with Gasteiger partial charge in [0, 0.05) is 6.42 Å². The van der Waals surface area contributed by atoms with Crippen molar-refractivity contribution in [2.75, 3.05) is 6.61 Å². The van der Waals surface area contributed by atoms with Crippen LogP contribution in [-0.4, -0.2) is 39.7 Å². The van der Waals surface area contributed by atoms with Gasteiger partial charge >= 0.3 is 19.7 Å². The summed E-state index contributed by atoms with van der Waals surface area (Å²) in [5, 5.41) is 19.6. The van der Waals surface area contributed by atoms with Crippen LogP contribution in [0.25, 0.3) is 11.1 Å². The van der Waals surface area contributed by atoms with Crippen molar-refractivity contribution in [1.82, 2.24) is 5.09 Å². The van der Waals surface area contributed by atoms with Gasteiger partial charge in [0.05, 0.1) is 6.61 Å². The van der Waals surface area contributed by atoms with Crippen molar-refractivity contribution >= 4 is 19.7 Å². The summed E-state index contributed by atoms with van der Waals surface area (Å²) in [4.78, 5) is 31.4. The summed E-state index contributed by atoms with van der Waals surface area (Å²) in [6.07, 6.45) is -0.425. The Balaban J connectivity index is 1.86. The zero-order valence-electron chi connectivity index (χ0n) is 15.0. The van der Waals surface area contributed by atoms with Gasteiger partial charge in [-0.1, -0.05) is 54.6 Å². The van der Waals surface area contributed by atoms with Gasteiger partial charge in [-0.3, -0.25) is 14.1 Å². The molecule has 2 rings (SSSR count). The molecule has 2 aromatic carbocycles. The molecule has 1 unspecified atom stereocenters. The van der Waals surface area contributed by atoms with Gasteiger partial charge in [0.2, 0.25) is 0 Å². The lowest BCUT2D eigenvalue weighted by molar-refractivity contribution is -0.140. The number of carboxylic acid groups (broad SMARTS) is 2. The first kappa shape index (κ1) is 21.8. The SMILES string of the molecule is O=C(O)CC[C@H](NP(=O)(O)OCCc1ccc(-c2ccccc2)cc1)C(=O)O. The van der Waals surface area contributed by atoms with Crippen molar-refractivity contribution in [2.45, 2.75) is 25.3 Å². The van der Waals surface area contributed by atoms with Crippen molar-refractivity contribution in [1.29, 1.82) is 0 Å². The highest BCUT2D eigenvalue weighted by molar-refractivity contribution is 7.50. The highest BCUT2D eigenvalue weighted by Crippen LogP contribution is 2.38. The van der Waals surface area contributed by atoms with E-state index in [0.717, 1.165) is 16.7 Å². The van der Waals surface area contributed by atoms with Gasteiger partial charge < -0.3 is 15.1 Å². The second kappa shape index (κ2) is 10.1. The lowest BCUT2D eigenvalue weighted by Crippen LogP contribution is -2.35. The number of hydrogen-bond acceptors (Lipinski definition) is 4. The van der Waals surface area contributed by atoms with E-state index >= 15 is 0 Å². The smallest absolute Gasteiger partial charge is 0.403 e. The van der Waals surface area contributed by atoms with Crippen LogP contribution < -0.4 is 5.09 Å². The number of benzene rings is 2. The molecule has 0 bridgehead atoms. The molecule has 4 N–H and O–H groups in total. The molecular formula is C19H22NO7P. The molecule has 0 aliphatic carbocycles. The van der Waals surface area contributed by atoms with E-state index in [9.17, 15) is 19.0 Å². The minimum absolute atomic E-state index is 0.100. The molecule has 0 spiro atoms. The summed E-state index contributed by atoms with van der Waals surface area (Å²) in [6.45, 7) is -0.100. The van der Waals surface area contributed by atoms with Gasteiger partial charge in [-0.2, -0.15) is 0 Å². The second-order valence-corrected chi connectivity index (χ2v) is 7.68. The largest absolute Gasteiger partial charge is 0.481 e. The Morgan fingerprint density at radius 1 is 1.00 bits per heavy atom. The summed E-state index contributed by atoms with van der Waals surface area (Å²) in [6, 6.07) is 16.0. The average molecular weight is 407 g/mol. The van der Waals surface area contributed by atoms with Gasteiger partial charge in [0.25, 0.3) is 0 Å². The predicted octanol–water partition coefficient (Wildman–Crippen LogP) is 2.92. The Hall–Kier alpha value is -2.51. The Morgan fingerprint density at radius 3 is 2.18 bits per heavy atom. The van der Waals surface area contributed by atoms with Crippen molar-refractivity contribution in [3.8, 4) is 11.1 Å². The van der Waals surface area contributed by atoms with Crippen LogP contribution in [0.4, 0.5) is 0 Å². The van der Waals surface area contributed by atoms with E-state index in [1.807, 2.05) is 59.7 Å². The van der Waals surface area contributed by atoms with Crippen LogP contribution in [0.3, 0.4) is 0 Å². The fourth-order valence-electron chi connectivity index (χ4n) is 2.53. The molecule has 0 heterocycles. The highest BCUT2D eigenvalue weighted by atomic mass is 31.2. The van der Waals surface area contributed by atoms with Crippen molar-refractivity contribution < 1.29 is 33.8 Å². The summed E-state index contributed by atoms with van der Waals surface area (Å²) in [5.41, 5.74) is 3.01. The average Bonchev–Trinajstić information content (AvgIpc) is 2.66. The third-order valence-electron chi connectivity index (χ3n) is 3.98. The third-order valence-corrected chi connectivity index (χ3v) is 5.15. The fourth-order valence-corrected chi connectivity index (χ4v) is 3.57. The van der Waals surface area contributed by atoms with E-state index in [1.165, 1.54) is 0 Å². The number of aliphatic carboxylic acids is 2. The van der Waals surface area contributed by atoms with Crippen LogP contribution in [0, 0.1) is 0 Å². The molecular weight excluding hydrogens is 385 g/mol. The van der Waals surface area contributed by atoms with Crippen molar-refractivity contribution in [3.63, 3.8) is 0 Å². The Kier molecular flexibility index (Phi) is 7.90. The van der Waals surface area contributed by atoms with E-state index < -0.39 is 32.1 Å². The van der Waals surface area contributed by atoms with E-state index in [2.05, 4.69) is 0 Å². The predicted molar refractivity (Wildman–Crippen MR) is 103 cm³/mol. The van der Waals surface area contributed by atoms with Crippen LogP contribution >= 0.6 is 7.75 Å². The summed E-state index contributed by atoms with van der Waals surface area (Å²) in [5.74, 6) is -2.61. The molecule has 8 nitrogen and oxygen atoms in total. The molecule has 150 valence electrons. The molecule has 2 atom stereocenters. The first-order chi connectivity index (χ1) is 13.3. The standard InChI is InChI=1S/C19H22NO7P/c21-18(22)11-10-17(19(23)24)20-28(25,26)27-13-12-14-6-8-16(9-7-14)15-4-2-1-3-5-15/h1-9,17H,10-13H2,(H,21,22)(H,23,24)(H2,20,25,26)/t17-/m0/s1. The Morgan fingerprint density at radius 2 is 1.61 bits per heavy atom. The van der Waals surface area contributed by atoms with Crippen LogP contribution in [0.1, 0.15) is 18.4 Å². The highest BCUT2D eigenvalue weighted by Gasteiger charge is 2.29. The van der Waals surface area contributed by atoms with Crippen LogP contribution in [0.2, 0.25) is 0 Å². The summed E-state index contributed by atoms with van der Waals surface area (Å²) < 4.78 is 16.9. The molecule has 0 saturated carbocycles. The number of hydrogen-bond donors (Lipinski definition) is 4. The molecule has 0 fully saturated rings. The normalized spacial score (nSPS) is 14.2. The van der Waals surface area contributed by atoms with Gasteiger partial charge in [-0.05, 0) is 29.5 Å². The molecule has 0 amide bonds. The lowest BCUT2D eigenvalue weighted by Gasteiger charge is -2.18. The Labute approximate surface area is 162 Å². The molecule has 2 aromatic rings. The minimum Gasteiger partial charge on any atom is -0.481 e. The third kappa shape index (κ3) is 7.25. The van der Waals surface area contributed by atoms with Crippen LogP contribution in [0.5, 0.6) is 0 Å². The summed E-state index contributed by atoms with van der Waals surface area (Å²) >= 11 is 0. The lowest BCUT2D eigenvalue weighted by atomic mass is 10.0. The molecule has 0 radical (unpaired) electrons. The van der Waals surface area contributed by atoms with E-state index in [1.54, 1.807) is 0 Å². The number of rotatable bonds is 11. The van der Waals surface area contributed by atoms with E-state index in [4.69, 9.17) is 14.7 Å².